The van der Waals surface area contributed by atoms with Crippen molar-refractivity contribution in [1.29, 1.82) is 0 Å². The molecule has 11 heteroatoms. The van der Waals surface area contributed by atoms with Gasteiger partial charge in [-0.05, 0) is 42.5 Å². The number of carbonyl (C=O) groups excluding carboxylic acids is 2. The minimum atomic E-state index is -0.570. The average Bonchev–Trinajstić information content (AvgIpc) is 3.30. The molecule has 2 aromatic heterocycles. The van der Waals surface area contributed by atoms with Crippen molar-refractivity contribution in [2.45, 2.75) is 6.54 Å². The lowest BCUT2D eigenvalue weighted by molar-refractivity contribution is -0.124. The lowest BCUT2D eigenvalue weighted by Gasteiger charge is -2.09. The molecule has 0 aliphatic heterocycles. The van der Waals surface area contributed by atoms with Gasteiger partial charge in [-0.2, -0.15) is 5.10 Å². The number of fused-ring (bicyclic) bond motifs is 1. The van der Waals surface area contributed by atoms with E-state index in [1.165, 1.54) is 24.8 Å². The number of halogens is 1. The number of amides is 2. The Kier molecular flexibility index (Phi) is 5.47. The maximum absolute atomic E-state index is 13.4. The number of hydrogen-bond donors (Lipinski definition) is 2. The number of rotatable bonds is 6. The Hall–Kier alpha value is -4.41. The van der Waals surface area contributed by atoms with E-state index in [1.807, 2.05) is 0 Å². The zero-order valence-corrected chi connectivity index (χ0v) is 16.0. The fourth-order valence-electron chi connectivity index (χ4n) is 2.88. The Morgan fingerprint density at radius 2 is 1.84 bits per heavy atom. The molecule has 0 bridgehead atoms. The summed E-state index contributed by atoms with van der Waals surface area (Å²) in [5, 5.41) is 9.17. The molecular weight excluding hydrogens is 405 g/mol. The molecule has 4 aromatic rings. The molecule has 0 radical (unpaired) electrons. The van der Waals surface area contributed by atoms with Crippen LogP contribution in [0.4, 0.5) is 10.1 Å². The number of nitrogens with zero attached hydrogens (tertiary/aromatic N) is 5. The Labute approximate surface area is 174 Å². The van der Waals surface area contributed by atoms with Crippen LogP contribution in [-0.4, -0.2) is 42.7 Å². The van der Waals surface area contributed by atoms with E-state index in [-0.39, 0.29) is 18.5 Å². The van der Waals surface area contributed by atoms with Crippen molar-refractivity contribution in [1.82, 2.24) is 29.6 Å². The van der Waals surface area contributed by atoms with Gasteiger partial charge in [-0.1, -0.05) is 0 Å². The van der Waals surface area contributed by atoms with Crippen LogP contribution in [0.25, 0.3) is 16.6 Å². The maximum Gasteiger partial charge on any atom is 0.261 e. The molecular formula is C20H16FN7O3. The summed E-state index contributed by atoms with van der Waals surface area (Å²) in [6, 6.07) is 10.6. The minimum absolute atomic E-state index is 0.0717. The van der Waals surface area contributed by atoms with Gasteiger partial charge in [0.25, 0.3) is 5.56 Å². The van der Waals surface area contributed by atoms with Crippen molar-refractivity contribution < 1.29 is 14.0 Å². The van der Waals surface area contributed by atoms with Crippen molar-refractivity contribution in [3.05, 3.63) is 77.6 Å². The van der Waals surface area contributed by atoms with E-state index < -0.39 is 23.2 Å². The second kappa shape index (κ2) is 8.53. The van der Waals surface area contributed by atoms with Gasteiger partial charge in [0.1, 0.15) is 25.0 Å². The Morgan fingerprint density at radius 3 is 2.58 bits per heavy atom. The maximum atomic E-state index is 13.4. The molecule has 31 heavy (non-hydrogen) atoms. The number of hydrogen-bond acceptors (Lipinski definition) is 6. The van der Waals surface area contributed by atoms with Gasteiger partial charge >= 0.3 is 0 Å². The summed E-state index contributed by atoms with van der Waals surface area (Å²) in [7, 11) is 0. The number of benzene rings is 2. The molecule has 0 saturated heterocycles. The molecule has 2 amide bonds. The lowest BCUT2D eigenvalue weighted by Crippen LogP contribution is -2.37. The summed E-state index contributed by atoms with van der Waals surface area (Å²) < 4.78 is 16.0. The highest BCUT2D eigenvalue weighted by molar-refractivity contribution is 5.94. The zero-order chi connectivity index (χ0) is 21.8. The summed E-state index contributed by atoms with van der Waals surface area (Å²) >= 11 is 0. The van der Waals surface area contributed by atoms with Gasteiger partial charge in [0.2, 0.25) is 11.8 Å². The minimum Gasteiger partial charge on any atom is -0.345 e. The van der Waals surface area contributed by atoms with Gasteiger partial charge in [0, 0.05) is 5.69 Å². The SMILES string of the molecule is O=C(Cn1cnc2ccc(F)cc2c1=O)NCC(=O)Nc1ccc(-n2cncn2)cc1. The van der Waals surface area contributed by atoms with Crippen LogP contribution in [0.15, 0.2) is 66.2 Å². The van der Waals surface area contributed by atoms with Gasteiger partial charge < -0.3 is 10.6 Å². The third-order valence-corrected chi connectivity index (χ3v) is 4.38. The first-order chi connectivity index (χ1) is 15.0. The van der Waals surface area contributed by atoms with Gasteiger partial charge in [0.05, 0.1) is 29.5 Å². The predicted octanol–water partition coefficient (Wildman–Crippen LogP) is 0.871. The Bertz CT molecular complexity index is 1300. The van der Waals surface area contributed by atoms with Gasteiger partial charge in [-0.3, -0.25) is 19.0 Å². The molecule has 0 fully saturated rings. The molecule has 0 aliphatic rings. The van der Waals surface area contributed by atoms with Crippen LogP contribution in [0.3, 0.4) is 0 Å². The summed E-state index contributed by atoms with van der Waals surface area (Å²) in [5.41, 5.74) is 1.10. The van der Waals surface area contributed by atoms with Crippen LogP contribution in [0, 0.1) is 5.82 Å². The molecule has 0 spiro atoms. The number of anilines is 1. The molecule has 156 valence electrons. The largest absolute Gasteiger partial charge is 0.345 e. The van der Waals surface area contributed by atoms with E-state index in [9.17, 15) is 18.8 Å². The molecule has 2 N–H and O–H groups in total. The molecule has 0 atom stereocenters. The molecule has 0 aliphatic carbocycles. The third-order valence-electron chi connectivity index (χ3n) is 4.38. The van der Waals surface area contributed by atoms with Crippen LogP contribution in [0.5, 0.6) is 0 Å². The monoisotopic (exact) mass is 421 g/mol. The van der Waals surface area contributed by atoms with E-state index in [0.717, 1.165) is 16.3 Å². The third kappa shape index (κ3) is 4.61. The second-order valence-corrected chi connectivity index (χ2v) is 6.55. The topological polar surface area (TPSA) is 124 Å². The molecule has 0 unspecified atom stereocenters. The standard InChI is InChI=1S/C20H16FN7O3/c21-13-1-6-17-16(7-13)20(31)27(12-24-17)9-19(30)23-8-18(29)26-14-2-4-15(5-3-14)28-11-22-10-25-28/h1-7,10-12H,8-9H2,(H,23,30)(H,26,29). The van der Waals surface area contributed by atoms with Crippen molar-refractivity contribution in [2.24, 2.45) is 0 Å². The van der Waals surface area contributed by atoms with E-state index in [2.05, 4.69) is 25.7 Å². The normalized spacial score (nSPS) is 10.7. The number of carbonyl (C=O) groups is 2. The summed E-state index contributed by atoms with van der Waals surface area (Å²) in [6.45, 7) is -0.633. The van der Waals surface area contributed by atoms with E-state index in [1.54, 1.807) is 35.3 Å². The van der Waals surface area contributed by atoms with Gasteiger partial charge in [-0.15, -0.1) is 0 Å². The summed E-state index contributed by atoms with van der Waals surface area (Å²) in [6.07, 6.45) is 4.17. The molecule has 2 heterocycles. The van der Waals surface area contributed by atoms with Crippen molar-refractivity contribution >= 4 is 28.4 Å². The highest BCUT2D eigenvalue weighted by Crippen LogP contribution is 2.12. The van der Waals surface area contributed by atoms with Crippen LogP contribution in [0.2, 0.25) is 0 Å². The smallest absolute Gasteiger partial charge is 0.261 e. The fourth-order valence-corrected chi connectivity index (χ4v) is 2.88. The molecule has 2 aromatic carbocycles. The Balaban J connectivity index is 1.32. The Morgan fingerprint density at radius 1 is 1.03 bits per heavy atom. The first-order valence-corrected chi connectivity index (χ1v) is 9.16. The zero-order valence-electron chi connectivity index (χ0n) is 16.0. The first-order valence-electron chi connectivity index (χ1n) is 9.16. The van der Waals surface area contributed by atoms with Crippen LogP contribution in [0.1, 0.15) is 0 Å². The summed E-state index contributed by atoms with van der Waals surface area (Å²) in [5.74, 6) is -1.57. The molecule has 10 nitrogen and oxygen atoms in total. The molecule has 4 rings (SSSR count). The summed E-state index contributed by atoms with van der Waals surface area (Å²) in [4.78, 5) is 44.5. The lowest BCUT2D eigenvalue weighted by atomic mass is 10.2. The van der Waals surface area contributed by atoms with Gasteiger partial charge in [-0.25, -0.2) is 19.0 Å². The number of aromatic nitrogens is 5. The van der Waals surface area contributed by atoms with Crippen molar-refractivity contribution in [3.8, 4) is 5.69 Å². The fraction of sp³-hybridized carbons (Fsp3) is 0.100. The highest BCUT2D eigenvalue weighted by Gasteiger charge is 2.11. The van der Waals surface area contributed by atoms with Crippen LogP contribution < -0.4 is 16.2 Å². The van der Waals surface area contributed by atoms with E-state index >= 15 is 0 Å². The van der Waals surface area contributed by atoms with Crippen LogP contribution in [-0.2, 0) is 16.1 Å². The molecule has 0 saturated carbocycles. The predicted molar refractivity (Wildman–Crippen MR) is 109 cm³/mol. The average molecular weight is 421 g/mol. The van der Waals surface area contributed by atoms with E-state index in [0.29, 0.717) is 11.2 Å². The van der Waals surface area contributed by atoms with Crippen molar-refractivity contribution in [2.75, 3.05) is 11.9 Å². The van der Waals surface area contributed by atoms with Gasteiger partial charge in [0.15, 0.2) is 0 Å². The van der Waals surface area contributed by atoms with Crippen LogP contribution >= 0.6 is 0 Å². The second-order valence-electron chi connectivity index (χ2n) is 6.55. The number of nitrogens with one attached hydrogen (secondary N) is 2. The van der Waals surface area contributed by atoms with Crippen molar-refractivity contribution in [3.63, 3.8) is 0 Å². The highest BCUT2D eigenvalue weighted by atomic mass is 19.1. The van der Waals surface area contributed by atoms with E-state index in [4.69, 9.17) is 0 Å². The quantitative estimate of drug-likeness (QED) is 0.476. The first kappa shape index (κ1) is 19.9.